The van der Waals surface area contributed by atoms with Gasteiger partial charge in [0.1, 0.15) is 5.82 Å². The monoisotopic (exact) mass is 335 g/mol. The van der Waals surface area contributed by atoms with E-state index in [1.165, 1.54) is 0 Å². The number of hydrogen-bond donors (Lipinski definition) is 1. The van der Waals surface area contributed by atoms with Gasteiger partial charge in [0.15, 0.2) is 5.25 Å². The molecular weight excluding hydrogens is 330 g/mol. The quantitative estimate of drug-likeness (QED) is 0.844. The Morgan fingerprint density at radius 1 is 1.29 bits per heavy atom. The van der Waals surface area contributed by atoms with Crippen molar-refractivity contribution in [2.45, 2.75) is 11.4 Å². The van der Waals surface area contributed by atoms with Crippen molar-refractivity contribution < 1.29 is 26.0 Å². The van der Waals surface area contributed by atoms with Crippen LogP contribution in [0.25, 0.3) is 0 Å². The van der Waals surface area contributed by atoms with Crippen LogP contribution in [-0.4, -0.2) is 14.6 Å². The highest BCUT2D eigenvalue weighted by atomic mass is 79.9. The highest BCUT2D eigenvalue weighted by molar-refractivity contribution is 9.10. The molecule has 9 heteroatoms. The van der Waals surface area contributed by atoms with Gasteiger partial charge in [-0.05, 0) is 18.2 Å². The van der Waals surface area contributed by atoms with Crippen LogP contribution < -0.4 is 5.14 Å². The maximum absolute atomic E-state index is 13.2. The van der Waals surface area contributed by atoms with Gasteiger partial charge in [-0.2, -0.15) is 13.2 Å². The Bertz CT molecular complexity index is 529. The summed E-state index contributed by atoms with van der Waals surface area (Å²) in [4.78, 5) is 0. The molecule has 0 aliphatic rings. The van der Waals surface area contributed by atoms with Gasteiger partial charge in [-0.25, -0.2) is 17.9 Å². The van der Waals surface area contributed by atoms with Crippen LogP contribution in [0.15, 0.2) is 22.7 Å². The Labute approximate surface area is 103 Å². The fraction of sp³-hybridized carbons (Fsp3) is 0.250. The molecular formula is C8H6BrF4NO2S. The Kier molecular flexibility index (Phi) is 3.84. The number of sulfonamides is 1. The zero-order chi connectivity index (χ0) is 13.4. The molecule has 1 unspecified atom stereocenters. The molecule has 0 bridgehead atoms. The first kappa shape index (κ1) is 14.4. The predicted molar refractivity (Wildman–Crippen MR) is 56.0 cm³/mol. The number of primary sulfonamides is 1. The number of rotatable bonds is 2. The summed E-state index contributed by atoms with van der Waals surface area (Å²) in [5, 5.41) is 1.41. The van der Waals surface area contributed by atoms with Crippen LogP contribution >= 0.6 is 15.9 Å². The molecule has 17 heavy (non-hydrogen) atoms. The van der Waals surface area contributed by atoms with Crippen molar-refractivity contribution in [3.63, 3.8) is 0 Å². The zero-order valence-corrected chi connectivity index (χ0v) is 10.4. The fourth-order valence-electron chi connectivity index (χ4n) is 1.26. The molecule has 0 heterocycles. The minimum atomic E-state index is -5.19. The smallest absolute Gasteiger partial charge is 0.228 e. The van der Waals surface area contributed by atoms with E-state index in [0.29, 0.717) is 0 Å². The van der Waals surface area contributed by atoms with Crippen LogP contribution in [0.5, 0.6) is 0 Å². The van der Waals surface area contributed by atoms with Gasteiger partial charge in [0.25, 0.3) is 0 Å². The van der Waals surface area contributed by atoms with Crippen LogP contribution in [0, 0.1) is 5.82 Å². The number of alkyl halides is 3. The van der Waals surface area contributed by atoms with Crippen molar-refractivity contribution in [1.82, 2.24) is 0 Å². The molecule has 1 aromatic rings. The second kappa shape index (κ2) is 4.54. The first-order valence-electron chi connectivity index (χ1n) is 4.07. The summed E-state index contributed by atoms with van der Waals surface area (Å²) in [6.07, 6.45) is -5.19. The van der Waals surface area contributed by atoms with E-state index < -0.39 is 32.8 Å². The zero-order valence-electron chi connectivity index (χ0n) is 8.00. The average Bonchev–Trinajstić information content (AvgIpc) is 2.06. The Morgan fingerprint density at radius 2 is 1.82 bits per heavy atom. The molecule has 0 amide bonds. The molecule has 0 aliphatic carbocycles. The average molecular weight is 336 g/mol. The topological polar surface area (TPSA) is 60.2 Å². The van der Waals surface area contributed by atoms with Gasteiger partial charge in [-0.15, -0.1) is 0 Å². The van der Waals surface area contributed by atoms with Crippen molar-refractivity contribution >= 4 is 26.0 Å². The molecule has 2 N–H and O–H groups in total. The van der Waals surface area contributed by atoms with Gasteiger partial charge in [0.2, 0.25) is 10.0 Å². The highest BCUT2D eigenvalue weighted by Gasteiger charge is 2.49. The third kappa shape index (κ3) is 3.39. The van der Waals surface area contributed by atoms with E-state index in [0.717, 1.165) is 18.2 Å². The van der Waals surface area contributed by atoms with Crippen molar-refractivity contribution in [3.05, 3.63) is 34.1 Å². The summed E-state index contributed by atoms with van der Waals surface area (Å²) in [6.45, 7) is 0. The van der Waals surface area contributed by atoms with E-state index in [4.69, 9.17) is 0 Å². The van der Waals surface area contributed by atoms with E-state index in [1.807, 2.05) is 0 Å². The number of halogens is 5. The Balaban J connectivity index is 3.49. The van der Waals surface area contributed by atoms with E-state index in [-0.39, 0.29) is 4.47 Å². The molecule has 1 rings (SSSR count). The first-order valence-corrected chi connectivity index (χ1v) is 6.47. The summed E-state index contributed by atoms with van der Waals surface area (Å²) in [7, 11) is -5.00. The van der Waals surface area contributed by atoms with Gasteiger partial charge in [0, 0.05) is 10.0 Å². The Morgan fingerprint density at radius 3 is 2.24 bits per heavy atom. The molecule has 3 nitrogen and oxygen atoms in total. The third-order valence-electron chi connectivity index (χ3n) is 1.87. The lowest BCUT2D eigenvalue weighted by Crippen LogP contribution is -2.34. The van der Waals surface area contributed by atoms with Crippen LogP contribution in [0.3, 0.4) is 0 Å². The van der Waals surface area contributed by atoms with Gasteiger partial charge in [-0.1, -0.05) is 15.9 Å². The largest absolute Gasteiger partial charge is 0.410 e. The molecule has 0 saturated carbocycles. The molecule has 0 aliphatic heterocycles. The predicted octanol–water partition coefficient (Wildman–Crippen LogP) is 2.48. The molecule has 0 radical (unpaired) electrons. The van der Waals surface area contributed by atoms with Crippen molar-refractivity contribution in [2.24, 2.45) is 5.14 Å². The maximum Gasteiger partial charge on any atom is 0.410 e. The van der Waals surface area contributed by atoms with Gasteiger partial charge >= 0.3 is 6.18 Å². The summed E-state index contributed by atoms with van der Waals surface area (Å²) in [5.41, 5.74) is -1.03. The summed E-state index contributed by atoms with van der Waals surface area (Å²) in [6, 6.07) is 2.61. The lowest BCUT2D eigenvalue weighted by molar-refractivity contribution is -0.132. The molecule has 1 atom stereocenters. The van der Waals surface area contributed by atoms with Crippen molar-refractivity contribution in [2.75, 3.05) is 0 Å². The van der Waals surface area contributed by atoms with Gasteiger partial charge in [-0.3, -0.25) is 0 Å². The summed E-state index contributed by atoms with van der Waals surface area (Å²) < 4.78 is 72.9. The lowest BCUT2D eigenvalue weighted by Gasteiger charge is -2.19. The second-order valence-corrected chi connectivity index (χ2v) is 5.74. The minimum absolute atomic E-state index is 0.117. The molecule has 0 spiro atoms. The van der Waals surface area contributed by atoms with Crippen molar-refractivity contribution in [3.8, 4) is 0 Å². The molecule has 96 valence electrons. The first-order chi connectivity index (χ1) is 7.53. The van der Waals surface area contributed by atoms with E-state index in [2.05, 4.69) is 21.1 Å². The summed E-state index contributed by atoms with van der Waals surface area (Å²) >= 11 is 2.83. The molecule has 0 aromatic heterocycles. The number of hydrogen-bond acceptors (Lipinski definition) is 2. The fourth-order valence-corrected chi connectivity index (χ4v) is 2.54. The lowest BCUT2D eigenvalue weighted by atomic mass is 10.1. The van der Waals surface area contributed by atoms with Crippen LogP contribution in [0.4, 0.5) is 17.6 Å². The van der Waals surface area contributed by atoms with Crippen molar-refractivity contribution in [1.29, 1.82) is 0 Å². The minimum Gasteiger partial charge on any atom is -0.228 e. The van der Waals surface area contributed by atoms with Crippen LogP contribution in [-0.2, 0) is 10.0 Å². The number of nitrogens with two attached hydrogens (primary N) is 1. The van der Waals surface area contributed by atoms with E-state index in [9.17, 15) is 26.0 Å². The Hall–Kier alpha value is -0.670. The normalized spacial score (nSPS) is 14.7. The van der Waals surface area contributed by atoms with Crippen LogP contribution in [0.1, 0.15) is 10.8 Å². The van der Waals surface area contributed by atoms with Gasteiger partial charge < -0.3 is 0 Å². The summed E-state index contributed by atoms with van der Waals surface area (Å²) in [5.74, 6) is -1.29. The molecule has 0 fully saturated rings. The maximum atomic E-state index is 13.2. The SMILES string of the molecule is NS(=O)(=O)C(c1cc(Br)ccc1F)C(F)(F)F. The van der Waals surface area contributed by atoms with Crippen LogP contribution in [0.2, 0.25) is 0 Å². The number of benzene rings is 1. The standard InChI is InChI=1S/C8H6BrF4NO2S/c9-4-1-2-6(10)5(3-4)7(8(11,12)13)17(14,15)16/h1-3,7H,(H2,14,15,16). The molecule has 0 saturated heterocycles. The highest BCUT2D eigenvalue weighted by Crippen LogP contribution is 2.39. The van der Waals surface area contributed by atoms with E-state index >= 15 is 0 Å². The molecule has 1 aromatic carbocycles. The van der Waals surface area contributed by atoms with Gasteiger partial charge in [0.05, 0.1) is 0 Å². The second-order valence-electron chi connectivity index (χ2n) is 3.18. The van der Waals surface area contributed by atoms with E-state index in [1.54, 1.807) is 0 Å². The third-order valence-corrected chi connectivity index (χ3v) is 3.54.